The highest BCUT2D eigenvalue weighted by molar-refractivity contribution is 5.72. The Labute approximate surface area is 376 Å². The molecule has 8 heteroatoms. The Hall–Kier alpha value is -2.00. The van der Waals surface area contributed by atoms with Crippen LogP contribution < -0.4 is 0 Å². The van der Waals surface area contributed by atoms with E-state index >= 15 is 0 Å². The third-order valence-electron chi connectivity index (χ3n) is 11.9. The lowest BCUT2D eigenvalue weighted by Crippen LogP contribution is -2.18. The molecule has 356 valence electrons. The quantitative estimate of drug-likeness (QED) is 0.0474. The number of rotatable bonds is 45. The van der Waals surface area contributed by atoms with Crippen molar-refractivity contribution in [2.24, 2.45) is 11.8 Å². The Balaban J connectivity index is 2.28. The summed E-state index contributed by atoms with van der Waals surface area (Å²) < 4.78 is 29.7. The van der Waals surface area contributed by atoms with Crippen LogP contribution in [-0.2, 0) is 53.1 Å². The van der Waals surface area contributed by atoms with Gasteiger partial charge in [0.2, 0.25) is 0 Å². The number of hydrogen-bond donors (Lipinski definition) is 0. The molecule has 0 heterocycles. The maximum absolute atomic E-state index is 12.7. The molecular weight excluding hydrogens is 763 g/mol. The third kappa shape index (κ3) is 33.2. The van der Waals surface area contributed by atoms with Crippen molar-refractivity contribution < 1.29 is 33.3 Å². The molecule has 0 amide bonds. The van der Waals surface area contributed by atoms with E-state index in [0.29, 0.717) is 39.6 Å². The van der Waals surface area contributed by atoms with Gasteiger partial charge in [-0.15, -0.1) is 0 Å². The normalized spacial score (nSPS) is 12.6. The highest BCUT2D eigenvalue weighted by Gasteiger charge is 2.20. The van der Waals surface area contributed by atoms with Gasteiger partial charge in [0.25, 0.3) is 0 Å². The van der Waals surface area contributed by atoms with Crippen molar-refractivity contribution in [3.8, 4) is 0 Å². The van der Waals surface area contributed by atoms with E-state index in [-0.39, 0.29) is 23.8 Å². The minimum atomic E-state index is 0.0364. The van der Waals surface area contributed by atoms with Gasteiger partial charge in [-0.1, -0.05) is 174 Å². The molecule has 8 nitrogen and oxygen atoms in total. The van der Waals surface area contributed by atoms with Crippen molar-refractivity contribution in [2.45, 2.75) is 227 Å². The van der Waals surface area contributed by atoms with Gasteiger partial charge in [-0.2, -0.15) is 0 Å². The number of unbranched alkanes of at least 4 members (excludes halogenated alkanes) is 18. The smallest absolute Gasteiger partial charge is 0.308 e. The molecule has 1 rings (SSSR count). The molecule has 0 saturated carbocycles. The molecule has 1 aromatic carbocycles. The van der Waals surface area contributed by atoms with Crippen LogP contribution in [0.3, 0.4) is 0 Å². The fourth-order valence-electron chi connectivity index (χ4n) is 7.75. The number of nitrogens with zero attached hydrogens (tertiary/aromatic N) is 1. The number of carbonyl (C=O) groups excluding carboxylic acids is 2. The average molecular weight is 860 g/mol. The van der Waals surface area contributed by atoms with E-state index in [0.717, 1.165) is 135 Å². The molecule has 0 bridgehead atoms. The number of ether oxygens (including phenoxy) is 5. The van der Waals surface area contributed by atoms with Crippen LogP contribution in [0, 0.1) is 11.8 Å². The first kappa shape index (κ1) is 57.0. The predicted molar refractivity (Wildman–Crippen MR) is 255 cm³/mol. The Kier molecular flexibility index (Phi) is 39.2. The van der Waals surface area contributed by atoms with Crippen LogP contribution in [0.4, 0.5) is 0 Å². The van der Waals surface area contributed by atoms with Gasteiger partial charge in [0.1, 0.15) is 0 Å². The fraction of sp³-hybridized carbons (Fsp3) is 0.849. The number of hydrogen-bond acceptors (Lipinski definition) is 8. The van der Waals surface area contributed by atoms with Gasteiger partial charge in [0.05, 0.1) is 51.5 Å². The van der Waals surface area contributed by atoms with Crippen LogP contribution in [-0.4, -0.2) is 70.5 Å². The second-order valence-electron chi connectivity index (χ2n) is 18.0. The number of likely N-dealkylation sites (N-methyl/N-ethyl adjacent to an activating group) is 1. The van der Waals surface area contributed by atoms with E-state index in [2.05, 4.69) is 64.9 Å². The molecule has 0 aliphatic carbocycles. The largest absolute Gasteiger partial charge is 0.465 e. The van der Waals surface area contributed by atoms with Crippen molar-refractivity contribution in [2.75, 3.05) is 53.7 Å². The maximum Gasteiger partial charge on any atom is 0.308 e. The zero-order valence-electron chi connectivity index (χ0n) is 40.9. The number of benzene rings is 1. The molecule has 0 aliphatic rings. The predicted octanol–water partition coefficient (Wildman–Crippen LogP) is 14.1. The van der Waals surface area contributed by atoms with E-state index in [1.807, 2.05) is 0 Å². The Morgan fingerprint density at radius 1 is 0.443 bits per heavy atom. The summed E-state index contributed by atoms with van der Waals surface area (Å²) in [5, 5.41) is 0. The minimum Gasteiger partial charge on any atom is -0.465 e. The van der Waals surface area contributed by atoms with Gasteiger partial charge in [-0.05, 0) is 82.2 Å². The molecule has 0 radical (unpaired) electrons. The molecule has 0 aromatic heterocycles. The van der Waals surface area contributed by atoms with Crippen LogP contribution in [0.15, 0.2) is 18.2 Å². The molecule has 2 unspecified atom stereocenters. The lowest BCUT2D eigenvalue weighted by Gasteiger charge is -2.16. The summed E-state index contributed by atoms with van der Waals surface area (Å²) in [4.78, 5) is 27.5. The summed E-state index contributed by atoms with van der Waals surface area (Å²) in [5.74, 6) is 0.256. The molecule has 0 saturated heterocycles. The zero-order valence-corrected chi connectivity index (χ0v) is 40.9. The lowest BCUT2D eigenvalue weighted by atomic mass is 9.95. The fourth-order valence-corrected chi connectivity index (χ4v) is 7.75. The van der Waals surface area contributed by atoms with Gasteiger partial charge in [-0.3, -0.25) is 9.59 Å². The van der Waals surface area contributed by atoms with E-state index < -0.39 is 0 Å². The summed E-state index contributed by atoms with van der Waals surface area (Å²) in [5.41, 5.74) is 3.55. The van der Waals surface area contributed by atoms with E-state index in [1.165, 1.54) is 80.9 Å². The van der Waals surface area contributed by atoms with Crippen molar-refractivity contribution in [3.63, 3.8) is 0 Å². The van der Waals surface area contributed by atoms with Gasteiger partial charge in [0, 0.05) is 19.8 Å². The van der Waals surface area contributed by atoms with E-state index in [1.54, 1.807) is 0 Å². The van der Waals surface area contributed by atoms with Crippen molar-refractivity contribution in [1.29, 1.82) is 0 Å². The van der Waals surface area contributed by atoms with Crippen LogP contribution >= 0.6 is 0 Å². The second-order valence-corrected chi connectivity index (χ2v) is 18.0. The summed E-state index contributed by atoms with van der Waals surface area (Å²) in [6, 6.07) is 6.59. The van der Waals surface area contributed by atoms with Crippen LogP contribution in [0.2, 0.25) is 0 Å². The summed E-state index contributed by atoms with van der Waals surface area (Å²) in [6.07, 6.45) is 31.4. The lowest BCUT2D eigenvalue weighted by molar-refractivity contribution is -0.150. The monoisotopic (exact) mass is 860 g/mol. The first-order chi connectivity index (χ1) is 29.9. The van der Waals surface area contributed by atoms with Crippen LogP contribution in [0.1, 0.15) is 224 Å². The number of esters is 2. The SMILES string of the molecule is CCCCCCC(CCCC)C(=O)OCCCCCCCCOCc1ccc(COCCCCCCCCOC(=O)C(CCCC)CCCCCC)c(COCCN(C)C)c1. The third-order valence-corrected chi connectivity index (χ3v) is 11.9. The molecule has 1 aromatic rings. The molecule has 0 aliphatic heterocycles. The Morgan fingerprint density at radius 2 is 0.836 bits per heavy atom. The van der Waals surface area contributed by atoms with Crippen LogP contribution in [0.5, 0.6) is 0 Å². The first-order valence-corrected chi connectivity index (χ1v) is 25.7. The summed E-state index contributed by atoms with van der Waals surface area (Å²) >= 11 is 0. The molecule has 0 spiro atoms. The summed E-state index contributed by atoms with van der Waals surface area (Å²) in [6.45, 7) is 14.9. The molecule has 0 N–H and O–H groups in total. The first-order valence-electron chi connectivity index (χ1n) is 25.7. The van der Waals surface area contributed by atoms with Gasteiger partial charge >= 0.3 is 11.9 Å². The molecule has 2 atom stereocenters. The molecular formula is C53H97NO7. The van der Waals surface area contributed by atoms with Gasteiger partial charge < -0.3 is 28.6 Å². The zero-order chi connectivity index (χ0) is 44.4. The van der Waals surface area contributed by atoms with Gasteiger partial charge in [0.15, 0.2) is 0 Å². The standard InChI is InChI=1S/C53H97NO7/c1-7-11-15-25-33-48(31-13-9-3)52(55)60-40-29-23-19-17-21-27-38-57-44-47-35-36-50(51(43-47)46-59-42-37-54(5)6)45-58-39-28-22-18-20-24-30-41-61-53(56)49(32-14-10-4)34-26-16-12-8-2/h35-36,43,48-49H,7-34,37-42,44-46H2,1-6H3. The van der Waals surface area contributed by atoms with Crippen molar-refractivity contribution in [1.82, 2.24) is 4.90 Å². The summed E-state index contributed by atoms with van der Waals surface area (Å²) in [7, 11) is 4.14. The highest BCUT2D eigenvalue weighted by Crippen LogP contribution is 2.22. The van der Waals surface area contributed by atoms with Crippen molar-refractivity contribution in [3.05, 3.63) is 34.9 Å². The average Bonchev–Trinajstić information content (AvgIpc) is 3.25. The van der Waals surface area contributed by atoms with E-state index in [9.17, 15) is 9.59 Å². The maximum atomic E-state index is 12.7. The topological polar surface area (TPSA) is 83.5 Å². The van der Waals surface area contributed by atoms with Crippen molar-refractivity contribution >= 4 is 11.9 Å². The Morgan fingerprint density at radius 3 is 1.31 bits per heavy atom. The van der Waals surface area contributed by atoms with Gasteiger partial charge in [-0.25, -0.2) is 0 Å². The molecule has 61 heavy (non-hydrogen) atoms. The highest BCUT2D eigenvalue weighted by atomic mass is 16.5. The molecule has 0 fully saturated rings. The minimum absolute atomic E-state index is 0.0364. The second kappa shape index (κ2) is 42.0. The van der Waals surface area contributed by atoms with E-state index in [4.69, 9.17) is 23.7 Å². The number of carbonyl (C=O) groups is 2. The Bertz CT molecular complexity index is 1140. The van der Waals surface area contributed by atoms with Crippen LogP contribution in [0.25, 0.3) is 0 Å².